The summed E-state index contributed by atoms with van der Waals surface area (Å²) in [6.45, 7) is 7.54. The summed E-state index contributed by atoms with van der Waals surface area (Å²) in [5, 5.41) is 8.12. The van der Waals surface area contributed by atoms with E-state index in [1.807, 2.05) is 6.92 Å². The van der Waals surface area contributed by atoms with Gasteiger partial charge in [0.15, 0.2) is 0 Å². The molecule has 0 fully saturated rings. The highest BCUT2D eigenvalue weighted by Crippen LogP contribution is 2.20. The number of nitrogens with two attached hydrogens (primary N) is 1. The highest BCUT2D eigenvalue weighted by molar-refractivity contribution is 7.89. The summed E-state index contributed by atoms with van der Waals surface area (Å²) in [5.74, 6) is -0.267. The Labute approximate surface area is 133 Å². The van der Waals surface area contributed by atoms with E-state index in [4.69, 9.17) is 5.14 Å². The lowest BCUT2D eigenvalue weighted by Crippen LogP contribution is -2.32. The molecule has 0 radical (unpaired) electrons. The Hall–Kier alpha value is -1.40. The third-order valence-corrected chi connectivity index (χ3v) is 4.84. The topological polar surface area (TPSA) is 89.3 Å². The fourth-order valence-electron chi connectivity index (χ4n) is 2.33. The van der Waals surface area contributed by atoms with Crippen LogP contribution in [-0.2, 0) is 10.0 Å². The molecule has 1 amide bonds. The van der Waals surface area contributed by atoms with Crippen LogP contribution in [0.1, 0.15) is 61.0 Å². The van der Waals surface area contributed by atoms with Crippen molar-refractivity contribution >= 4 is 15.9 Å². The number of sulfonamides is 1. The second-order valence-corrected chi connectivity index (χ2v) is 7.36. The van der Waals surface area contributed by atoms with Gasteiger partial charge in [-0.1, -0.05) is 26.2 Å². The number of unbranched alkanes of at least 4 members (excludes halogenated alkanes) is 2. The highest BCUT2D eigenvalue weighted by atomic mass is 32.2. The maximum atomic E-state index is 12.3. The van der Waals surface area contributed by atoms with Crippen molar-refractivity contribution in [3.8, 4) is 0 Å². The Balaban J connectivity index is 2.93. The van der Waals surface area contributed by atoms with E-state index in [0.29, 0.717) is 11.1 Å². The number of carbonyl (C=O) groups excluding carboxylic acids is 1. The summed E-state index contributed by atoms with van der Waals surface area (Å²) >= 11 is 0. The molecule has 0 heterocycles. The van der Waals surface area contributed by atoms with Crippen molar-refractivity contribution in [1.29, 1.82) is 0 Å². The molecule has 3 N–H and O–H groups in total. The average molecular weight is 326 g/mol. The average Bonchev–Trinajstić information content (AvgIpc) is 2.40. The van der Waals surface area contributed by atoms with Gasteiger partial charge in [-0.25, -0.2) is 13.6 Å². The van der Waals surface area contributed by atoms with Crippen LogP contribution in [0, 0.1) is 13.8 Å². The molecule has 0 aliphatic rings. The zero-order chi connectivity index (χ0) is 16.9. The molecule has 124 valence electrons. The van der Waals surface area contributed by atoms with Crippen LogP contribution in [0.2, 0.25) is 0 Å². The Morgan fingerprint density at radius 2 is 1.91 bits per heavy atom. The van der Waals surface area contributed by atoms with Crippen LogP contribution in [0.4, 0.5) is 0 Å². The molecule has 1 rings (SSSR count). The number of amides is 1. The molecule has 1 unspecified atom stereocenters. The maximum absolute atomic E-state index is 12.3. The molecular weight excluding hydrogens is 300 g/mol. The first-order chi connectivity index (χ1) is 10.2. The first-order valence-electron chi connectivity index (χ1n) is 7.61. The van der Waals surface area contributed by atoms with E-state index in [-0.39, 0.29) is 16.8 Å². The van der Waals surface area contributed by atoms with Gasteiger partial charge in [0.2, 0.25) is 10.0 Å². The Bertz CT molecular complexity index is 639. The molecule has 1 aromatic carbocycles. The molecule has 5 nitrogen and oxygen atoms in total. The van der Waals surface area contributed by atoms with Crippen LogP contribution in [0.25, 0.3) is 0 Å². The van der Waals surface area contributed by atoms with Crippen LogP contribution in [-0.4, -0.2) is 20.4 Å². The molecule has 0 saturated carbocycles. The van der Waals surface area contributed by atoms with Gasteiger partial charge in [0.05, 0.1) is 4.90 Å². The predicted molar refractivity (Wildman–Crippen MR) is 88.4 cm³/mol. The minimum atomic E-state index is -3.84. The second kappa shape index (κ2) is 7.74. The van der Waals surface area contributed by atoms with Gasteiger partial charge >= 0.3 is 0 Å². The largest absolute Gasteiger partial charge is 0.350 e. The molecule has 6 heteroatoms. The van der Waals surface area contributed by atoms with Crippen molar-refractivity contribution in [2.24, 2.45) is 5.14 Å². The minimum Gasteiger partial charge on any atom is -0.350 e. The van der Waals surface area contributed by atoms with Crippen molar-refractivity contribution < 1.29 is 13.2 Å². The molecule has 0 aromatic heterocycles. The summed E-state index contributed by atoms with van der Waals surface area (Å²) in [7, 11) is -3.84. The lowest BCUT2D eigenvalue weighted by atomic mass is 10.0. The van der Waals surface area contributed by atoms with E-state index in [1.54, 1.807) is 19.9 Å². The lowest BCUT2D eigenvalue weighted by Gasteiger charge is -2.15. The van der Waals surface area contributed by atoms with Crippen LogP contribution in [0.3, 0.4) is 0 Å². The normalized spacial score (nSPS) is 13.0. The van der Waals surface area contributed by atoms with Gasteiger partial charge in [0.25, 0.3) is 5.91 Å². The number of aryl methyl sites for hydroxylation is 1. The van der Waals surface area contributed by atoms with E-state index in [0.717, 1.165) is 31.2 Å². The van der Waals surface area contributed by atoms with Crippen LogP contribution < -0.4 is 10.5 Å². The number of primary sulfonamides is 1. The van der Waals surface area contributed by atoms with E-state index >= 15 is 0 Å². The molecule has 1 atom stereocenters. The molecule has 0 aliphatic carbocycles. The third kappa shape index (κ3) is 5.10. The molecule has 0 aliphatic heterocycles. The van der Waals surface area contributed by atoms with E-state index in [2.05, 4.69) is 12.2 Å². The van der Waals surface area contributed by atoms with Gasteiger partial charge in [-0.15, -0.1) is 0 Å². The molecule has 1 aromatic rings. The standard InChI is InChI=1S/C16H26N2O3S/c1-5-6-7-8-12(3)18-16(19)14-9-11(2)13(4)15(10-14)22(17,20)21/h9-10,12H,5-8H2,1-4H3,(H,18,19)(H2,17,20,21). The number of hydrogen-bond acceptors (Lipinski definition) is 3. The summed E-state index contributed by atoms with van der Waals surface area (Å²) < 4.78 is 23.2. The summed E-state index contributed by atoms with van der Waals surface area (Å²) in [6, 6.07) is 3.10. The highest BCUT2D eigenvalue weighted by Gasteiger charge is 2.18. The number of nitrogens with one attached hydrogen (secondary N) is 1. The minimum absolute atomic E-state index is 0.0105. The first-order valence-corrected chi connectivity index (χ1v) is 9.16. The lowest BCUT2D eigenvalue weighted by molar-refractivity contribution is 0.0937. The second-order valence-electron chi connectivity index (χ2n) is 5.83. The van der Waals surface area contributed by atoms with Gasteiger partial charge in [-0.3, -0.25) is 4.79 Å². The third-order valence-electron chi connectivity index (χ3n) is 3.81. The molecule has 0 saturated heterocycles. The Morgan fingerprint density at radius 3 is 2.45 bits per heavy atom. The van der Waals surface area contributed by atoms with Gasteiger partial charge in [-0.05, 0) is 50.5 Å². The SMILES string of the molecule is CCCCCC(C)NC(=O)c1cc(C)c(C)c(S(N)(=O)=O)c1. The van der Waals surface area contributed by atoms with Crippen molar-refractivity contribution in [1.82, 2.24) is 5.32 Å². The number of carbonyl (C=O) groups is 1. The summed E-state index contributed by atoms with van der Waals surface area (Å²) in [4.78, 5) is 12.3. The molecular formula is C16H26N2O3S. The predicted octanol–water partition coefficient (Wildman–Crippen LogP) is 2.65. The number of benzene rings is 1. The fraction of sp³-hybridized carbons (Fsp3) is 0.562. The van der Waals surface area contributed by atoms with Crippen molar-refractivity contribution in [2.75, 3.05) is 0 Å². The maximum Gasteiger partial charge on any atom is 0.251 e. The summed E-state index contributed by atoms with van der Waals surface area (Å²) in [6.07, 6.45) is 4.24. The Kier molecular flexibility index (Phi) is 6.56. The zero-order valence-electron chi connectivity index (χ0n) is 13.8. The Morgan fingerprint density at radius 1 is 1.27 bits per heavy atom. The van der Waals surface area contributed by atoms with Crippen molar-refractivity contribution in [3.63, 3.8) is 0 Å². The molecule has 0 bridgehead atoms. The van der Waals surface area contributed by atoms with Gasteiger partial charge in [0, 0.05) is 11.6 Å². The molecule has 22 heavy (non-hydrogen) atoms. The van der Waals surface area contributed by atoms with Crippen LogP contribution >= 0.6 is 0 Å². The van der Waals surface area contributed by atoms with Crippen LogP contribution in [0.15, 0.2) is 17.0 Å². The monoisotopic (exact) mass is 326 g/mol. The smallest absolute Gasteiger partial charge is 0.251 e. The zero-order valence-corrected chi connectivity index (χ0v) is 14.6. The van der Waals surface area contributed by atoms with E-state index in [1.165, 1.54) is 6.07 Å². The van der Waals surface area contributed by atoms with Crippen molar-refractivity contribution in [2.45, 2.75) is 64.3 Å². The number of rotatable bonds is 7. The van der Waals surface area contributed by atoms with Gasteiger partial charge in [0.1, 0.15) is 0 Å². The molecule has 0 spiro atoms. The quantitative estimate of drug-likeness (QED) is 0.755. The van der Waals surface area contributed by atoms with Crippen molar-refractivity contribution in [3.05, 3.63) is 28.8 Å². The first kappa shape index (κ1) is 18.6. The summed E-state index contributed by atoms with van der Waals surface area (Å²) in [5.41, 5.74) is 1.64. The number of hydrogen-bond donors (Lipinski definition) is 2. The van der Waals surface area contributed by atoms with E-state index < -0.39 is 10.0 Å². The van der Waals surface area contributed by atoms with Gasteiger partial charge < -0.3 is 5.32 Å². The van der Waals surface area contributed by atoms with E-state index in [9.17, 15) is 13.2 Å². The van der Waals surface area contributed by atoms with Gasteiger partial charge in [-0.2, -0.15) is 0 Å². The fourth-order valence-corrected chi connectivity index (χ4v) is 3.21. The van der Waals surface area contributed by atoms with Crippen LogP contribution in [0.5, 0.6) is 0 Å².